The molecule has 0 fully saturated rings. The Morgan fingerprint density at radius 2 is 1.60 bits per heavy atom. The van der Waals surface area contributed by atoms with E-state index in [0.717, 1.165) is 16.4 Å². The third-order valence-corrected chi connectivity index (χ3v) is 7.17. The monoisotopic (exact) mass is 499 g/mol. The summed E-state index contributed by atoms with van der Waals surface area (Å²) in [7, 11) is -3.77. The van der Waals surface area contributed by atoms with E-state index in [1.165, 1.54) is 16.6 Å². The number of amides is 1. The van der Waals surface area contributed by atoms with Crippen LogP contribution in [0.3, 0.4) is 0 Å². The molecule has 186 valence electrons. The van der Waals surface area contributed by atoms with Crippen molar-refractivity contribution in [3.05, 3.63) is 77.2 Å². The molecule has 0 unspecified atom stereocenters. The van der Waals surface area contributed by atoms with Gasteiger partial charge in [-0.15, -0.1) is 0 Å². The molecule has 0 spiro atoms. The van der Waals surface area contributed by atoms with Crippen molar-refractivity contribution < 1.29 is 22.7 Å². The molecule has 1 heterocycles. The Hall–Kier alpha value is -3.63. The van der Waals surface area contributed by atoms with Gasteiger partial charge in [0.2, 0.25) is 15.9 Å². The highest BCUT2D eigenvalue weighted by Gasteiger charge is 2.22. The second-order valence-electron chi connectivity index (χ2n) is 7.47. The first kappa shape index (κ1) is 26.0. The van der Waals surface area contributed by atoms with Crippen molar-refractivity contribution in [1.82, 2.24) is 8.87 Å². The standard InChI is InChI=1S/C25H29N3O6S/c1-4-28(5-2)35(31,32)21-15-16-25(30)27(17-21)18-24(29)26-22-9-7-8-10-23(22)34-20-13-11-19(12-14-20)33-6-3/h7-17H,4-6,18H2,1-3H3,(H,26,29). The Kier molecular flexibility index (Phi) is 8.67. The highest BCUT2D eigenvalue weighted by molar-refractivity contribution is 7.89. The molecule has 9 nitrogen and oxygen atoms in total. The molecular formula is C25H29N3O6S. The van der Waals surface area contributed by atoms with Crippen LogP contribution in [-0.4, -0.2) is 42.9 Å². The number of sulfonamides is 1. The lowest BCUT2D eigenvalue weighted by Gasteiger charge is -2.19. The maximum absolute atomic E-state index is 12.8. The van der Waals surface area contributed by atoms with Crippen LogP contribution in [0.4, 0.5) is 5.69 Å². The quantitative estimate of drug-likeness (QED) is 0.431. The fraction of sp³-hybridized carbons (Fsp3) is 0.280. The SMILES string of the molecule is CCOc1ccc(Oc2ccccc2NC(=O)Cn2cc(S(=O)(=O)N(CC)CC)ccc2=O)cc1. The van der Waals surface area contributed by atoms with E-state index in [9.17, 15) is 18.0 Å². The van der Waals surface area contributed by atoms with Gasteiger partial charge in [-0.25, -0.2) is 8.42 Å². The molecule has 0 aliphatic rings. The van der Waals surface area contributed by atoms with Crippen LogP contribution in [-0.2, 0) is 21.4 Å². The zero-order valence-corrected chi connectivity index (χ0v) is 20.7. The molecule has 1 aromatic heterocycles. The summed E-state index contributed by atoms with van der Waals surface area (Å²) in [4.78, 5) is 25.0. The van der Waals surface area contributed by atoms with Crippen LogP contribution >= 0.6 is 0 Å². The van der Waals surface area contributed by atoms with Gasteiger partial charge in [0.05, 0.1) is 17.2 Å². The van der Waals surface area contributed by atoms with Crippen LogP contribution in [0.2, 0.25) is 0 Å². The number of hydrogen-bond donors (Lipinski definition) is 1. The summed E-state index contributed by atoms with van der Waals surface area (Å²) in [5, 5.41) is 2.73. The molecule has 3 aromatic rings. The Bertz CT molecular complexity index is 1320. The predicted molar refractivity (Wildman–Crippen MR) is 134 cm³/mol. The molecule has 0 radical (unpaired) electrons. The lowest BCUT2D eigenvalue weighted by molar-refractivity contribution is -0.116. The molecule has 1 amide bonds. The number of benzene rings is 2. The van der Waals surface area contributed by atoms with E-state index < -0.39 is 21.5 Å². The van der Waals surface area contributed by atoms with Gasteiger partial charge in [-0.1, -0.05) is 26.0 Å². The topological polar surface area (TPSA) is 107 Å². The minimum absolute atomic E-state index is 0.0483. The zero-order valence-electron chi connectivity index (χ0n) is 19.9. The van der Waals surface area contributed by atoms with E-state index in [0.29, 0.717) is 36.9 Å². The molecule has 10 heteroatoms. The average Bonchev–Trinajstić information content (AvgIpc) is 2.83. The first-order valence-corrected chi connectivity index (χ1v) is 12.7. The Labute approximate surface area is 205 Å². The van der Waals surface area contributed by atoms with Gasteiger partial charge in [0, 0.05) is 25.4 Å². The Morgan fingerprint density at radius 3 is 2.26 bits per heavy atom. The molecular weight excluding hydrogens is 470 g/mol. The van der Waals surface area contributed by atoms with Crippen LogP contribution in [0.15, 0.2) is 76.6 Å². The molecule has 0 aliphatic heterocycles. The maximum Gasteiger partial charge on any atom is 0.251 e. The number of ether oxygens (including phenoxy) is 2. The third-order valence-electron chi connectivity index (χ3n) is 5.14. The minimum Gasteiger partial charge on any atom is -0.494 e. The van der Waals surface area contributed by atoms with E-state index >= 15 is 0 Å². The van der Waals surface area contributed by atoms with Crippen molar-refractivity contribution in [1.29, 1.82) is 0 Å². The number of para-hydroxylation sites is 2. The number of nitrogens with one attached hydrogen (secondary N) is 1. The van der Waals surface area contributed by atoms with Crippen molar-refractivity contribution >= 4 is 21.6 Å². The zero-order chi connectivity index (χ0) is 25.4. The summed E-state index contributed by atoms with van der Waals surface area (Å²) in [5.74, 6) is 1.18. The maximum atomic E-state index is 12.8. The number of pyridine rings is 1. The second kappa shape index (κ2) is 11.7. The van der Waals surface area contributed by atoms with E-state index in [-0.39, 0.29) is 11.4 Å². The van der Waals surface area contributed by atoms with Gasteiger partial charge in [-0.2, -0.15) is 4.31 Å². The number of anilines is 1. The van der Waals surface area contributed by atoms with Gasteiger partial charge in [0.15, 0.2) is 5.75 Å². The van der Waals surface area contributed by atoms with Crippen molar-refractivity contribution in [2.75, 3.05) is 25.0 Å². The van der Waals surface area contributed by atoms with E-state index in [1.54, 1.807) is 62.4 Å². The summed E-state index contributed by atoms with van der Waals surface area (Å²) >= 11 is 0. The van der Waals surface area contributed by atoms with Gasteiger partial charge >= 0.3 is 0 Å². The molecule has 0 saturated carbocycles. The molecule has 0 bridgehead atoms. The molecule has 0 aliphatic carbocycles. The molecule has 1 N–H and O–H groups in total. The summed E-state index contributed by atoms with van der Waals surface area (Å²) in [6.45, 7) is 6.15. The first-order chi connectivity index (χ1) is 16.8. The highest BCUT2D eigenvalue weighted by atomic mass is 32.2. The van der Waals surface area contributed by atoms with Gasteiger partial charge in [0.1, 0.15) is 18.0 Å². The van der Waals surface area contributed by atoms with Gasteiger partial charge in [-0.05, 0) is 49.4 Å². The smallest absolute Gasteiger partial charge is 0.251 e. The minimum atomic E-state index is -3.77. The number of nitrogens with zero attached hydrogens (tertiary/aromatic N) is 2. The molecule has 2 aromatic carbocycles. The number of aromatic nitrogens is 1. The van der Waals surface area contributed by atoms with Crippen LogP contribution in [0.1, 0.15) is 20.8 Å². The number of carbonyl (C=O) groups excluding carboxylic acids is 1. The normalized spacial score (nSPS) is 11.3. The summed E-state index contributed by atoms with van der Waals surface area (Å²) < 4.78 is 39.3. The third kappa shape index (κ3) is 6.49. The van der Waals surface area contributed by atoms with Crippen molar-refractivity contribution in [3.8, 4) is 17.2 Å². The van der Waals surface area contributed by atoms with Gasteiger partial charge in [-0.3, -0.25) is 9.59 Å². The number of rotatable bonds is 11. The Morgan fingerprint density at radius 1 is 0.943 bits per heavy atom. The van der Waals surface area contributed by atoms with Gasteiger partial charge in [0.25, 0.3) is 5.56 Å². The lowest BCUT2D eigenvalue weighted by Crippen LogP contribution is -2.33. The summed E-state index contributed by atoms with van der Waals surface area (Å²) in [5.41, 5.74) is -0.0797. The fourth-order valence-corrected chi connectivity index (χ4v) is 4.88. The highest BCUT2D eigenvalue weighted by Crippen LogP contribution is 2.30. The van der Waals surface area contributed by atoms with Crippen molar-refractivity contribution in [2.24, 2.45) is 0 Å². The first-order valence-electron chi connectivity index (χ1n) is 11.3. The number of carbonyl (C=O) groups is 1. The molecule has 0 atom stereocenters. The fourth-order valence-electron chi connectivity index (χ4n) is 3.40. The summed E-state index contributed by atoms with van der Waals surface area (Å²) in [6, 6.07) is 16.4. The average molecular weight is 500 g/mol. The Balaban J connectivity index is 1.77. The molecule has 3 rings (SSSR count). The van der Waals surface area contributed by atoms with Crippen LogP contribution in [0.25, 0.3) is 0 Å². The summed E-state index contributed by atoms with van der Waals surface area (Å²) in [6.07, 6.45) is 1.19. The van der Waals surface area contributed by atoms with E-state index in [2.05, 4.69) is 5.32 Å². The molecule has 0 saturated heterocycles. The molecule has 35 heavy (non-hydrogen) atoms. The van der Waals surface area contributed by atoms with Crippen LogP contribution in [0.5, 0.6) is 17.2 Å². The van der Waals surface area contributed by atoms with Gasteiger partial charge < -0.3 is 19.4 Å². The largest absolute Gasteiger partial charge is 0.494 e. The van der Waals surface area contributed by atoms with Crippen molar-refractivity contribution in [3.63, 3.8) is 0 Å². The van der Waals surface area contributed by atoms with Crippen molar-refractivity contribution in [2.45, 2.75) is 32.2 Å². The predicted octanol–water partition coefficient (Wildman–Crippen LogP) is 3.71. The second-order valence-corrected chi connectivity index (χ2v) is 9.41. The lowest BCUT2D eigenvalue weighted by atomic mass is 10.2. The number of hydrogen-bond acceptors (Lipinski definition) is 6. The van der Waals surface area contributed by atoms with E-state index in [1.807, 2.05) is 6.92 Å². The van der Waals surface area contributed by atoms with Crippen LogP contribution < -0.4 is 20.3 Å². The van der Waals surface area contributed by atoms with Crippen LogP contribution in [0, 0.1) is 0 Å². The van der Waals surface area contributed by atoms with E-state index in [4.69, 9.17) is 9.47 Å².